The van der Waals surface area contributed by atoms with E-state index in [2.05, 4.69) is 37.4 Å². The maximum absolute atomic E-state index is 6.15. The maximum Gasteiger partial charge on any atom is 0.0934 e. The second-order valence-corrected chi connectivity index (χ2v) is 8.16. The molecular formula is C17H19Cl2NS. The second-order valence-electron chi connectivity index (χ2n) is 5.96. The highest BCUT2D eigenvalue weighted by Crippen LogP contribution is 2.41. The van der Waals surface area contributed by atoms with Gasteiger partial charge in [-0.15, -0.1) is 11.3 Å². The Bertz CT molecular complexity index is 618. The van der Waals surface area contributed by atoms with Gasteiger partial charge in [0.15, 0.2) is 0 Å². The van der Waals surface area contributed by atoms with Gasteiger partial charge < -0.3 is 5.32 Å². The molecule has 2 unspecified atom stereocenters. The molecule has 1 heterocycles. The van der Waals surface area contributed by atoms with E-state index in [0.29, 0.717) is 18.0 Å². The lowest BCUT2D eigenvalue weighted by Gasteiger charge is -2.27. The Balaban J connectivity index is 1.82. The van der Waals surface area contributed by atoms with E-state index in [1.807, 2.05) is 12.1 Å². The third kappa shape index (κ3) is 3.29. The van der Waals surface area contributed by atoms with Crippen LogP contribution < -0.4 is 5.32 Å². The molecule has 0 radical (unpaired) electrons. The Labute approximate surface area is 140 Å². The van der Waals surface area contributed by atoms with E-state index in [1.165, 1.54) is 16.0 Å². The normalized spacial score (nSPS) is 19.0. The fourth-order valence-corrected chi connectivity index (χ4v) is 4.55. The van der Waals surface area contributed by atoms with Gasteiger partial charge in [-0.05, 0) is 48.1 Å². The van der Waals surface area contributed by atoms with Crippen molar-refractivity contribution in [2.75, 3.05) is 0 Å². The highest BCUT2D eigenvalue weighted by molar-refractivity contribution is 7.16. The van der Waals surface area contributed by atoms with E-state index in [1.54, 1.807) is 11.3 Å². The number of aryl methyl sites for hydroxylation is 1. The first-order chi connectivity index (χ1) is 10.0. The highest BCUT2D eigenvalue weighted by atomic mass is 35.5. The Morgan fingerprint density at radius 2 is 1.90 bits per heavy atom. The van der Waals surface area contributed by atoms with Crippen molar-refractivity contribution in [3.05, 3.63) is 55.7 Å². The number of nitrogens with one attached hydrogen (secondary N) is 1. The van der Waals surface area contributed by atoms with Crippen LogP contribution in [-0.2, 0) is 6.42 Å². The molecule has 1 aliphatic rings. The van der Waals surface area contributed by atoms with Gasteiger partial charge in [-0.1, -0.05) is 49.2 Å². The molecule has 0 saturated heterocycles. The number of hydrogen-bond acceptors (Lipinski definition) is 2. The minimum atomic E-state index is 0.330. The molecular weight excluding hydrogens is 321 g/mol. The molecule has 1 nitrogen and oxygen atoms in total. The standard InChI is InChI=1S/C17H19Cl2NS/c1-10(2)17(11-3-5-12(18)6-4-11)20-14-7-8-15-13(14)9-16(19)21-15/h3-6,9-10,14,17,20H,7-8H2,1-2H3. The first-order valence-electron chi connectivity index (χ1n) is 7.34. The lowest BCUT2D eigenvalue weighted by molar-refractivity contribution is 0.361. The van der Waals surface area contributed by atoms with Crippen molar-refractivity contribution >= 4 is 34.5 Å². The third-order valence-corrected chi connectivity index (χ3v) is 5.72. The molecule has 112 valence electrons. The van der Waals surface area contributed by atoms with Crippen LogP contribution in [0, 0.1) is 5.92 Å². The Hall–Kier alpha value is -0.540. The number of halogens is 2. The molecule has 1 N–H and O–H groups in total. The van der Waals surface area contributed by atoms with Crippen molar-refractivity contribution in [2.45, 2.75) is 38.8 Å². The summed E-state index contributed by atoms with van der Waals surface area (Å²) in [7, 11) is 0. The third-order valence-electron chi connectivity index (χ3n) is 4.12. The summed E-state index contributed by atoms with van der Waals surface area (Å²) in [6, 6.07) is 11.0. The van der Waals surface area contributed by atoms with Crippen molar-refractivity contribution in [2.24, 2.45) is 5.92 Å². The van der Waals surface area contributed by atoms with Crippen LogP contribution in [0.3, 0.4) is 0 Å². The predicted molar refractivity (Wildman–Crippen MR) is 92.6 cm³/mol. The van der Waals surface area contributed by atoms with Crippen molar-refractivity contribution in [1.29, 1.82) is 0 Å². The number of thiophene rings is 1. The lowest BCUT2D eigenvalue weighted by atomic mass is 9.94. The largest absolute Gasteiger partial charge is 0.303 e. The van der Waals surface area contributed by atoms with Gasteiger partial charge in [0.05, 0.1) is 4.34 Å². The quantitative estimate of drug-likeness (QED) is 0.716. The van der Waals surface area contributed by atoms with Gasteiger partial charge in [0.25, 0.3) is 0 Å². The zero-order valence-electron chi connectivity index (χ0n) is 12.2. The van der Waals surface area contributed by atoms with Crippen LogP contribution in [-0.4, -0.2) is 0 Å². The van der Waals surface area contributed by atoms with Crippen LogP contribution in [0.4, 0.5) is 0 Å². The Morgan fingerprint density at radius 1 is 1.19 bits per heavy atom. The molecule has 21 heavy (non-hydrogen) atoms. The average Bonchev–Trinajstić information content (AvgIpc) is 2.97. The number of fused-ring (bicyclic) bond motifs is 1. The summed E-state index contributed by atoms with van der Waals surface area (Å²) in [5, 5.41) is 4.61. The molecule has 0 bridgehead atoms. The summed E-state index contributed by atoms with van der Waals surface area (Å²) < 4.78 is 0.902. The summed E-state index contributed by atoms with van der Waals surface area (Å²) in [5.74, 6) is 0.518. The molecule has 3 rings (SSSR count). The molecule has 1 aromatic carbocycles. The number of benzene rings is 1. The summed E-state index contributed by atoms with van der Waals surface area (Å²) in [5.41, 5.74) is 2.69. The first-order valence-corrected chi connectivity index (χ1v) is 8.91. The van der Waals surface area contributed by atoms with E-state index >= 15 is 0 Å². The first kappa shape index (κ1) is 15.4. The van der Waals surface area contributed by atoms with E-state index in [9.17, 15) is 0 Å². The van der Waals surface area contributed by atoms with Gasteiger partial charge in [0.1, 0.15) is 0 Å². The van der Waals surface area contributed by atoms with Crippen LogP contribution in [0.25, 0.3) is 0 Å². The molecule has 0 aliphatic heterocycles. The predicted octanol–water partition coefficient (Wildman–Crippen LogP) is 6.03. The zero-order chi connectivity index (χ0) is 15.0. The molecule has 1 aliphatic carbocycles. The smallest absolute Gasteiger partial charge is 0.0934 e. The Kier molecular flexibility index (Phi) is 4.60. The summed E-state index contributed by atoms with van der Waals surface area (Å²) in [4.78, 5) is 1.44. The van der Waals surface area contributed by atoms with Crippen molar-refractivity contribution < 1.29 is 0 Å². The highest BCUT2D eigenvalue weighted by Gasteiger charge is 2.28. The SMILES string of the molecule is CC(C)C(NC1CCc2sc(Cl)cc21)c1ccc(Cl)cc1. The van der Waals surface area contributed by atoms with Crippen molar-refractivity contribution in [3.63, 3.8) is 0 Å². The minimum absolute atomic E-state index is 0.330. The molecule has 4 heteroatoms. The van der Waals surface area contributed by atoms with Gasteiger partial charge in [0.2, 0.25) is 0 Å². The lowest BCUT2D eigenvalue weighted by Crippen LogP contribution is -2.28. The van der Waals surface area contributed by atoms with Gasteiger partial charge in [-0.25, -0.2) is 0 Å². The van der Waals surface area contributed by atoms with Crippen LogP contribution in [0.2, 0.25) is 9.36 Å². The Morgan fingerprint density at radius 3 is 2.57 bits per heavy atom. The van der Waals surface area contributed by atoms with E-state index in [-0.39, 0.29) is 0 Å². The summed E-state index contributed by atoms with van der Waals surface area (Å²) in [6.07, 6.45) is 2.30. The van der Waals surface area contributed by atoms with Crippen molar-refractivity contribution in [1.82, 2.24) is 5.32 Å². The van der Waals surface area contributed by atoms with Gasteiger partial charge in [0, 0.05) is 22.0 Å². The molecule has 0 saturated carbocycles. The average molecular weight is 340 g/mol. The molecule has 1 aromatic heterocycles. The van der Waals surface area contributed by atoms with E-state index in [4.69, 9.17) is 23.2 Å². The fourth-order valence-electron chi connectivity index (χ4n) is 3.06. The van der Waals surface area contributed by atoms with Gasteiger partial charge >= 0.3 is 0 Å². The monoisotopic (exact) mass is 339 g/mol. The fraction of sp³-hybridized carbons (Fsp3) is 0.412. The topological polar surface area (TPSA) is 12.0 Å². The van der Waals surface area contributed by atoms with Gasteiger partial charge in [-0.3, -0.25) is 0 Å². The minimum Gasteiger partial charge on any atom is -0.303 e. The van der Waals surface area contributed by atoms with E-state index in [0.717, 1.165) is 22.2 Å². The summed E-state index contributed by atoms with van der Waals surface area (Å²) in [6.45, 7) is 4.51. The van der Waals surface area contributed by atoms with Crippen LogP contribution in [0.5, 0.6) is 0 Å². The maximum atomic E-state index is 6.15. The zero-order valence-corrected chi connectivity index (χ0v) is 14.5. The van der Waals surface area contributed by atoms with Crippen molar-refractivity contribution in [3.8, 4) is 0 Å². The number of rotatable bonds is 4. The summed E-state index contributed by atoms with van der Waals surface area (Å²) >= 11 is 13.9. The molecule has 0 amide bonds. The molecule has 2 atom stereocenters. The van der Waals surface area contributed by atoms with E-state index < -0.39 is 0 Å². The van der Waals surface area contributed by atoms with Crippen LogP contribution in [0.1, 0.15) is 48.4 Å². The molecule has 0 fully saturated rings. The molecule has 2 aromatic rings. The number of hydrogen-bond donors (Lipinski definition) is 1. The second kappa shape index (κ2) is 6.29. The van der Waals surface area contributed by atoms with Crippen LogP contribution in [0.15, 0.2) is 30.3 Å². The van der Waals surface area contributed by atoms with Gasteiger partial charge in [-0.2, -0.15) is 0 Å². The molecule has 0 spiro atoms. The van der Waals surface area contributed by atoms with Crippen LogP contribution >= 0.6 is 34.5 Å².